The van der Waals surface area contributed by atoms with Crippen LogP contribution >= 0.6 is 0 Å². The van der Waals surface area contributed by atoms with Crippen molar-refractivity contribution in [2.24, 2.45) is 7.05 Å². The zero-order valence-electron chi connectivity index (χ0n) is 12.5. The number of benzene rings is 1. The highest BCUT2D eigenvalue weighted by Gasteiger charge is 2.11. The van der Waals surface area contributed by atoms with Crippen molar-refractivity contribution in [2.45, 2.75) is 33.7 Å². The normalized spacial score (nSPS) is 11.0. The highest BCUT2D eigenvalue weighted by molar-refractivity contribution is 5.34. The molecule has 0 bridgehead atoms. The summed E-state index contributed by atoms with van der Waals surface area (Å²) in [6.45, 7) is 7.26. The maximum atomic E-state index is 4.76. The maximum Gasteiger partial charge on any atom is 0.122 e. The molecule has 3 heteroatoms. The van der Waals surface area contributed by atoms with Crippen molar-refractivity contribution in [3.8, 4) is 0 Å². The minimum absolute atomic E-state index is 0.810. The van der Waals surface area contributed by atoms with Crippen molar-refractivity contribution >= 4 is 0 Å². The van der Waals surface area contributed by atoms with Crippen LogP contribution in [0.5, 0.6) is 0 Å². The standard InChI is InChI=1S/C16H23N3/c1-11-6-7-14(12(2)8-11)9-15-13(3)19(5)16(18-15)10-17-4/h6-8,17H,9-10H2,1-5H3. The van der Waals surface area contributed by atoms with Gasteiger partial charge in [0.15, 0.2) is 0 Å². The highest BCUT2D eigenvalue weighted by Crippen LogP contribution is 2.18. The number of hydrogen-bond donors (Lipinski definition) is 1. The molecule has 1 heterocycles. The van der Waals surface area contributed by atoms with Crippen molar-refractivity contribution in [3.05, 3.63) is 52.1 Å². The lowest BCUT2D eigenvalue weighted by molar-refractivity contribution is 0.700. The highest BCUT2D eigenvalue weighted by atomic mass is 15.1. The smallest absolute Gasteiger partial charge is 0.122 e. The molecule has 0 aliphatic heterocycles. The number of nitrogens with one attached hydrogen (secondary N) is 1. The first-order valence-corrected chi connectivity index (χ1v) is 6.74. The molecule has 1 N–H and O–H groups in total. The van der Waals surface area contributed by atoms with E-state index >= 15 is 0 Å². The lowest BCUT2D eigenvalue weighted by Crippen LogP contribution is -2.10. The van der Waals surface area contributed by atoms with Gasteiger partial charge in [0.1, 0.15) is 5.82 Å². The topological polar surface area (TPSA) is 29.9 Å². The molecular formula is C16H23N3. The summed E-state index contributed by atoms with van der Waals surface area (Å²) in [5.74, 6) is 1.10. The van der Waals surface area contributed by atoms with Crippen LogP contribution in [0.2, 0.25) is 0 Å². The van der Waals surface area contributed by atoms with Gasteiger partial charge in [0.05, 0.1) is 12.2 Å². The van der Waals surface area contributed by atoms with E-state index in [0.29, 0.717) is 0 Å². The Labute approximate surface area is 115 Å². The average Bonchev–Trinajstić information content (AvgIpc) is 2.62. The van der Waals surface area contributed by atoms with E-state index in [1.165, 1.54) is 28.1 Å². The first kappa shape index (κ1) is 13.8. The molecule has 1 aromatic carbocycles. The molecule has 2 aromatic rings. The minimum Gasteiger partial charge on any atom is -0.334 e. The molecular weight excluding hydrogens is 234 g/mol. The van der Waals surface area contributed by atoms with Crippen LogP contribution < -0.4 is 5.32 Å². The van der Waals surface area contributed by atoms with Crippen LogP contribution in [0.1, 0.15) is 33.9 Å². The number of hydrogen-bond acceptors (Lipinski definition) is 2. The molecule has 1 aromatic heterocycles. The molecule has 0 unspecified atom stereocenters. The summed E-state index contributed by atoms with van der Waals surface area (Å²) in [4.78, 5) is 4.76. The molecule has 0 saturated heterocycles. The van der Waals surface area contributed by atoms with Crippen LogP contribution in [0.4, 0.5) is 0 Å². The molecule has 0 spiro atoms. The number of aromatic nitrogens is 2. The SMILES string of the molecule is CNCc1nc(Cc2ccc(C)cc2C)c(C)n1C. The van der Waals surface area contributed by atoms with Gasteiger partial charge in [-0.2, -0.15) is 0 Å². The van der Waals surface area contributed by atoms with Crippen LogP contribution in [0.3, 0.4) is 0 Å². The van der Waals surface area contributed by atoms with Gasteiger partial charge in [0.25, 0.3) is 0 Å². The molecule has 0 atom stereocenters. The molecule has 2 rings (SSSR count). The summed E-state index contributed by atoms with van der Waals surface area (Å²) < 4.78 is 2.18. The van der Waals surface area contributed by atoms with Gasteiger partial charge in [-0.1, -0.05) is 23.8 Å². The molecule has 0 saturated carbocycles. The Bertz CT molecular complexity index is 582. The van der Waals surface area contributed by atoms with Crippen molar-refractivity contribution in [1.82, 2.24) is 14.9 Å². The van der Waals surface area contributed by atoms with Crippen molar-refractivity contribution in [1.29, 1.82) is 0 Å². The van der Waals surface area contributed by atoms with E-state index in [2.05, 4.69) is 55.9 Å². The van der Waals surface area contributed by atoms with E-state index in [4.69, 9.17) is 4.98 Å². The molecule has 0 fully saturated rings. The fourth-order valence-corrected chi connectivity index (χ4v) is 2.41. The Morgan fingerprint density at radius 2 is 1.95 bits per heavy atom. The number of rotatable bonds is 4. The summed E-state index contributed by atoms with van der Waals surface area (Å²) in [7, 11) is 4.04. The zero-order valence-corrected chi connectivity index (χ0v) is 12.5. The predicted octanol–water partition coefficient (Wildman–Crippen LogP) is 2.66. The van der Waals surface area contributed by atoms with E-state index in [1.54, 1.807) is 0 Å². The third kappa shape index (κ3) is 2.87. The Hall–Kier alpha value is -1.61. The van der Waals surface area contributed by atoms with Crippen molar-refractivity contribution in [3.63, 3.8) is 0 Å². The third-order valence-electron chi connectivity index (χ3n) is 3.76. The molecule has 19 heavy (non-hydrogen) atoms. The second kappa shape index (κ2) is 5.57. The van der Waals surface area contributed by atoms with Gasteiger partial charge in [-0.15, -0.1) is 0 Å². The Balaban J connectivity index is 2.30. The number of nitrogens with zero attached hydrogens (tertiary/aromatic N) is 2. The van der Waals surface area contributed by atoms with Gasteiger partial charge in [0.2, 0.25) is 0 Å². The Morgan fingerprint density at radius 1 is 1.21 bits per heavy atom. The maximum absolute atomic E-state index is 4.76. The molecule has 3 nitrogen and oxygen atoms in total. The summed E-state index contributed by atoms with van der Waals surface area (Å²) >= 11 is 0. The molecule has 0 amide bonds. The first-order chi connectivity index (χ1) is 9.02. The molecule has 0 aliphatic rings. The van der Waals surface area contributed by atoms with Crippen LogP contribution in [0, 0.1) is 20.8 Å². The molecule has 0 radical (unpaired) electrons. The lowest BCUT2D eigenvalue weighted by atomic mass is 10.0. The van der Waals surface area contributed by atoms with Crippen LogP contribution in [-0.4, -0.2) is 16.6 Å². The first-order valence-electron chi connectivity index (χ1n) is 6.74. The van der Waals surface area contributed by atoms with Gasteiger partial charge >= 0.3 is 0 Å². The van der Waals surface area contributed by atoms with Crippen molar-refractivity contribution < 1.29 is 0 Å². The van der Waals surface area contributed by atoms with Crippen LogP contribution in [0.15, 0.2) is 18.2 Å². The number of imidazole rings is 1. The van der Waals surface area contributed by atoms with E-state index in [-0.39, 0.29) is 0 Å². The van der Waals surface area contributed by atoms with Gasteiger partial charge in [-0.3, -0.25) is 0 Å². The minimum atomic E-state index is 0.810. The van der Waals surface area contributed by atoms with Gasteiger partial charge in [-0.05, 0) is 38.9 Å². The quantitative estimate of drug-likeness (QED) is 0.912. The van der Waals surface area contributed by atoms with E-state index in [0.717, 1.165) is 18.8 Å². The largest absolute Gasteiger partial charge is 0.334 e. The second-order valence-electron chi connectivity index (χ2n) is 5.26. The summed E-state index contributed by atoms with van der Waals surface area (Å²) in [6, 6.07) is 6.63. The van der Waals surface area contributed by atoms with Crippen molar-refractivity contribution in [2.75, 3.05) is 7.05 Å². The monoisotopic (exact) mass is 257 g/mol. The van der Waals surface area contributed by atoms with Crippen LogP contribution in [0.25, 0.3) is 0 Å². The van der Waals surface area contributed by atoms with E-state index in [1.807, 2.05) is 7.05 Å². The summed E-state index contributed by atoms with van der Waals surface area (Å²) in [5, 5.41) is 3.16. The fraction of sp³-hybridized carbons (Fsp3) is 0.438. The van der Waals surface area contributed by atoms with E-state index in [9.17, 15) is 0 Å². The molecule has 0 aliphatic carbocycles. The predicted molar refractivity (Wildman–Crippen MR) is 79.4 cm³/mol. The summed E-state index contributed by atoms with van der Waals surface area (Å²) in [5.41, 5.74) is 6.46. The Morgan fingerprint density at radius 3 is 2.58 bits per heavy atom. The molecule has 102 valence electrons. The zero-order chi connectivity index (χ0) is 14.0. The Kier molecular flexibility index (Phi) is 4.05. The lowest BCUT2D eigenvalue weighted by Gasteiger charge is -2.06. The fourth-order valence-electron chi connectivity index (χ4n) is 2.41. The van der Waals surface area contributed by atoms with Crippen LogP contribution in [-0.2, 0) is 20.0 Å². The number of aryl methyl sites for hydroxylation is 2. The average molecular weight is 257 g/mol. The second-order valence-corrected chi connectivity index (χ2v) is 5.26. The third-order valence-corrected chi connectivity index (χ3v) is 3.76. The summed E-state index contributed by atoms with van der Waals surface area (Å²) in [6.07, 6.45) is 0.912. The van der Waals surface area contributed by atoms with E-state index < -0.39 is 0 Å². The van der Waals surface area contributed by atoms with Gasteiger partial charge in [0, 0.05) is 19.2 Å². The van der Waals surface area contributed by atoms with Gasteiger partial charge in [-0.25, -0.2) is 4.98 Å². The van der Waals surface area contributed by atoms with Gasteiger partial charge < -0.3 is 9.88 Å².